The van der Waals surface area contributed by atoms with Crippen LogP contribution in [0.25, 0.3) is 22.3 Å². The van der Waals surface area contributed by atoms with Crippen molar-refractivity contribution in [2.45, 2.75) is 26.8 Å². The third kappa shape index (κ3) is 4.67. The fourth-order valence-corrected chi connectivity index (χ4v) is 4.32. The molecule has 190 valence electrons. The third-order valence-electron chi connectivity index (χ3n) is 6.16. The maximum absolute atomic E-state index is 14.3. The molecule has 0 saturated carbocycles. The largest absolute Gasteiger partial charge is 0.478 e. The number of aromatic carboxylic acids is 1. The Kier molecular flexibility index (Phi) is 6.80. The molecule has 0 saturated heterocycles. The first kappa shape index (κ1) is 25.6. The lowest BCUT2D eigenvalue weighted by Crippen LogP contribution is -2.15. The van der Waals surface area contributed by atoms with Crippen LogP contribution in [0.2, 0.25) is 0 Å². The lowest BCUT2D eigenvalue weighted by molar-refractivity contribution is 0.0691. The second-order valence-corrected chi connectivity index (χ2v) is 8.80. The van der Waals surface area contributed by atoms with E-state index in [1.165, 1.54) is 0 Å². The van der Waals surface area contributed by atoms with E-state index in [0.29, 0.717) is 39.1 Å². The van der Waals surface area contributed by atoms with Gasteiger partial charge in [-0.3, -0.25) is 9.79 Å². The van der Waals surface area contributed by atoms with Crippen molar-refractivity contribution < 1.29 is 23.1 Å². The zero-order valence-corrected chi connectivity index (χ0v) is 20.6. The number of nitrogens with one attached hydrogen (secondary N) is 1. The summed E-state index contributed by atoms with van der Waals surface area (Å²) in [5.74, 6) is -3.99. The highest BCUT2D eigenvalue weighted by Gasteiger charge is 2.23. The number of carbonyl (C=O) groups is 1. The van der Waals surface area contributed by atoms with Crippen molar-refractivity contribution in [2.75, 3.05) is 18.1 Å². The Morgan fingerprint density at radius 3 is 2.57 bits per heavy atom. The number of aliphatic imine (C=N–C) groups is 1. The monoisotopic (exact) mass is 505 g/mol. The molecule has 9 heteroatoms. The lowest BCUT2D eigenvalue weighted by Gasteiger charge is -2.20. The first-order valence-corrected chi connectivity index (χ1v) is 11.4. The van der Waals surface area contributed by atoms with Gasteiger partial charge in [0.2, 0.25) is 0 Å². The molecule has 4 rings (SSSR count). The maximum atomic E-state index is 14.3. The van der Waals surface area contributed by atoms with E-state index in [-0.39, 0.29) is 16.7 Å². The summed E-state index contributed by atoms with van der Waals surface area (Å²) in [5, 5.41) is 12.7. The van der Waals surface area contributed by atoms with Gasteiger partial charge in [-0.2, -0.15) is 0 Å². The lowest BCUT2D eigenvalue weighted by atomic mass is 9.98. The van der Waals surface area contributed by atoms with E-state index in [0.717, 1.165) is 17.7 Å². The fourth-order valence-electron chi connectivity index (χ4n) is 4.32. The van der Waals surface area contributed by atoms with Crippen LogP contribution < -0.4 is 16.5 Å². The van der Waals surface area contributed by atoms with E-state index in [2.05, 4.69) is 10.3 Å². The number of nitrogens with two attached hydrogens (primary N) is 1. The fraction of sp³-hybridized carbons (Fsp3) is 0.179. The van der Waals surface area contributed by atoms with Gasteiger partial charge in [-0.05, 0) is 62.7 Å². The number of halogens is 2. The molecule has 4 aromatic rings. The predicted octanol–water partition coefficient (Wildman–Crippen LogP) is 5.86. The van der Waals surface area contributed by atoms with Gasteiger partial charge >= 0.3 is 5.97 Å². The molecule has 0 aliphatic rings. The molecule has 0 amide bonds. The summed E-state index contributed by atoms with van der Waals surface area (Å²) < 4.78 is 34.3. The first-order chi connectivity index (χ1) is 17.5. The van der Waals surface area contributed by atoms with Crippen LogP contribution in [0.3, 0.4) is 0 Å². The highest BCUT2D eigenvalue weighted by atomic mass is 19.2. The topological polar surface area (TPSA) is 118 Å². The standard InChI is InChI=1S/C28H25F2N3O4/c1-13-9-18(15(3)33-22-8-6-20(29)24(30)23(22)28(35)36)27-19(10-13)25(34)14(2)26(37-27)16-5-7-21(31)17(11-16)12-32-4/h5-12,15,33H,31H2,1-4H3,(H,35,36)/t15-/m1/s1. The molecule has 1 heterocycles. The Morgan fingerprint density at radius 2 is 1.89 bits per heavy atom. The van der Waals surface area contributed by atoms with Crippen molar-refractivity contribution in [3.63, 3.8) is 0 Å². The van der Waals surface area contributed by atoms with E-state index in [1.54, 1.807) is 57.4 Å². The van der Waals surface area contributed by atoms with E-state index >= 15 is 0 Å². The van der Waals surface area contributed by atoms with Gasteiger partial charge in [-0.25, -0.2) is 13.6 Å². The van der Waals surface area contributed by atoms with Gasteiger partial charge in [0.25, 0.3) is 0 Å². The zero-order chi connectivity index (χ0) is 27.0. The number of anilines is 2. The highest BCUT2D eigenvalue weighted by molar-refractivity contribution is 5.95. The van der Waals surface area contributed by atoms with E-state index in [4.69, 9.17) is 10.2 Å². The first-order valence-electron chi connectivity index (χ1n) is 11.4. The minimum atomic E-state index is -1.61. The van der Waals surface area contributed by atoms with Crippen LogP contribution in [-0.4, -0.2) is 24.3 Å². The normalized spacial score (nSPS) is 12.3. The third-order valence-corrected chi connectivity index (χ3v) is 6.16. The molecular weight excluding hydrogens is 480 g/mol. The second kappa shape index (κ2) is 9.85. The van der Waals surface area contributed by atoms with Crippen LogP contribution >= 0.6 is 0 Å². The van der Waals surface area contributed by atoms with Crippen LogP contribution in [0.1, 0.15) is 45.6 Å². The number of carboxylic acid groups (broad SMARTS) is 1. The van der Waals surface area contributed by atoms with Gasteiger partial charge in [0.15, 0.2) is 17.1 Å². The summed E-state index contributed by atoms with van der Waals surface area (Å²) in [6, 6.07) is 10.1. The van der Waals surface area contributed by atoms with Crippen LogP contribution in [0.15, 0.2) is 56.7 Å². The maximum Gasteiger partial charge on any atom is 0.340 e. The minimum absolute atomic E-state index is 0.106. The summed E-state index contributed by atoms with van der Waals surface area (Å²) >= 11 is 0. The van der Waals surface area contributed by atoms with Gasteiger partial charge < -0.3 is 20.6 Å². The smallest absolute Gasteiger partial charge is 0.340 e. The van der Waals surface area contributed by atoms with E-state index in [1.807, 2.05) is 6.92 Å². The molecule has 1 aromatic heterocycles. The van der Waals surface area contributed by atoms with Gasteiger partial charge in [0.05, 0.1) is 17.1 Å². The summed E-state index contributed by atoms with van der Waals surface area (Å²) in [5.41, 5.74) is 8.71. The second-order valence-electron chi connectivity index (χ2n) is 8.80. The van der Waals surface area contributed by atoms with Crippen molar-refractivity contribution in [1.29, 1.82) is 0 Å². The van der Waals surface area contributed by atoms with Crippen LogP contribution in [-0.2, 0) is 0 Å². The predicted molar refractivity (Wildman–Crippen MR) is 141 cm³/mol. The zero-order valence-electron chi connectivity index (χ0n) is 20.6. The number of hydrogen-bond donors (Lipinski definition) is 3. The molecule has 0 fully saturated rings. The molecule has 1 atom stereocenters. The Bertz CT molecular complexity index is 1640. The number of benzene rings is 3. The molecule has 3 aromatic carbocycles. The quantitative estimate of drug-likeness (QED) is 0.223. The molecule has 4 N–H and O–H groups in total. The van der Waals surface area contributed by atoms with Gasteiger partial charge in [-0.15, -0.1) is 0 Å². The van der Waals surface area contributed by atoms with Gasteiger partial charge in [0.1, 0.15) is 16.9 Å². The molecule has 7 nitrogen and oxygen atoms in total. The molecule has 0 spiro atoms. The molecule has 0 aliphatic heterocycles. The molecule has 0 bridgehead atoms. The Hall–Kier alpha value is -4.53. The van der Waals surface area contributed by atoms with E-state index < -0.39 is 29.2 Å². The average molecular weight is 506 g/mol. The molecular formula is C28H25F2N3O4. The molecule has 37 heavy (non-hydrogen) atoms. The number of rotatable bonds is 6. The minimum Gasteiger partial charge on any atom is -0.478 e. The summed E-state index contributed by atoms with van der Waals surface area (Å²) in [6.45, 7) is 5.20. The van der Waals surface area contributed by atoms with Crippen molar-refractivity contribution in [1.82, 2.24) is 0 Å². The van der Waals surface area contributed by atoms with Gasteiger partial charge in [0, 0.05) is 41.2 Å². The van der Waals surface area contributed by atoms with E-state index in [9.17, 15) is 23.5 Å². The van der Waals surface area contributed by atoms with Crippen LogP contribution in [0, 0.1) is 25.5 Å². The Labute approximate surface area is 211 Å². The number of aryl methyl sites for hydroxylation is 1. The van der Waals surface area contributed by atoms with Gasteiger partial charge in [-0.1, -0.05) is 6.07 Å². The van der Waals surface area contributed by atoms with Crippen molar-refractivity contribution in [3.05, 3.63) is 92.1 Å². The Balaban J connectivity index is 1.91. The SMILES string of the molecule is CN=Cc1cc(-c2oc3c([C@@H](C)Nc4ccc(F)c(F)c4C(=O)O)cc(C)cc3c(=O)c2C)ccc1N. The van der Waals surface area contributed by atoms with Crippen molar-refractivity contribution in [3.8, 4) is 11.3 Å². The van der Waals surface area contributed by atoms with Crippen LogP contribution in [0.5, 0.6) is 0 Å². The number of nitrogen functional groups attached to an aromatic ring is 1. The van der Waals surface area contributed by atoms with Crippen molar-refractivity contribution >= 4 is 34.5 Å². The summed E-state index contributed by atoms with van der Waals surface area (Å²) in [7, 11) is 1.62. The number of nitrogens with zero attached hydrogens (tertiary/aromatic N) is 1. The molecule has 0 unspecified atom stereocenters. The number of hydrogen-bond acceptors (Lipinski definition) is 6. The average Bonchev–Trinajstić information content (AvgIpc) is 2.85. The Morgan fingerprint density at radius 1 is 1.16 bits per heavy atom. The van der Waals surface area contributed by atoms with Crippen LogP contribution in [0.4, 0.5) is 20.2 Å². The number of carboxylic acids is 1. The summed E-state index contributed by atoms with van der Waals surface area (Å²) in [4.78, 5) is 29.1. The highest BCUT2D eigenvalue weighted by Crippen LogP contribution is 2.34. The number of fused-ring (bicyclic) bond motifs is 1. The molecule has 0 radical (unpaired) electrons. The van der Waals surface area contributed by atoms with Crippen molar-refractivity contribution in [2.24, 2.45) is 4.99 Å². The molecule has 0 aliphatic carbocycles. The summed E-state index contributed by atoms with van der Waals surface area (Å²) in [6.07, 6.45) is 1.61.